The van der Waals surface area contributed by atoms with E-state index in [9.17, 15) is 9.59 Å². The summed E-state index contributed by atoms with van der Waals surface area (Å²) in [4.78, 5) is 32.1. The van der Waals surface area contributed by atoms with Gasteiger partial charge in [0.05, 0.1) is 11.2 Å². The van der Waals surface area contributed by atoms with E-state index in [0.717, 1.165) is 28.9 Å². The van der Waals surface area contributed by atoms with Gasteiger partial charge >= 0.3 is 5.69 Å². The van der Waals surface area contributed by atoms with Crippen LogP contribution in [-0.4, -0.2) is 34.5 Å². The highest BCUT2D eigenvalue weighted by atomic mass is 16.1. The van der Waals surface area contributed by atoms with Gasteiger partial charge in [-0.25, -0.2) is 14.3 Å². The second kappa shape index (κ2) is 10.7. The van der Waals surface area contributed by atoms with Crippen molar-refractivity contribution in [1.29, 1.82) is 0 Å². The highest BCUT2D eigenvalue weighted by molar-refractivity contribution is 6.03. The predicted octanol–water partition coefficient (Wildman–Crippen LogP) is 2.86. The number of carbonyl (C=O) groups is 1. The molecule has 0 atom stereocenters. The second-order valence-electron chi connectivity index (χ2n) is 8.42. The van der Waals surface area contributed by atoms with Crippen molar-refractivity contribution in [3.05, 3.63) is 125 Å². The smallest absolute Gasteiger partial charge is 0.338 e. The number of benzene rings is 1. The molecule has 0 spiro atoms. The molecule has 0 saturated heterocycles. The summed E-state index contributed by atoms with van der Waals surface area (Å²) in [5.41, 5.74) is 15.3. The van der Waals surface area contributed by atoms with Crippen LogP contribution < -0.4 is 17.2 Å². The van der Waals surface area contributed by atoms with Crippen molar-refractivity contribution in [3.63, 3.8) is 0 Å². The summed E-state index contributed by atoms with van der Waals surface area (Å²) >= 11 is 0. The van der Waals surface area contributed by atoms with Crippen LogP contribution in [0.1, 0.15) is 34.2 Å². The first kappa shape index (κ1) is 25.0. The number of fused-ring (bicyclic) bond motifs is 2. The Morgan fingerprint density at radius 3 is 2.46 bits per heavy atom. The Morgan fingerprint density at radius 2 is 1.74 bits per heavy atom. The maximum absolute atomic E-state index is 13.3. The number of rotatable bonds is 3. The van der Waals surface area contributed by atoms with Crippen LogP contribution in [0.2, 0.25) is 0 Å². The lowest BCUT2D eigenvalue weighted by Crippen LogP contribution is -2.28. The van der Waals surface area contributed by atoms with Gasteiger partial charge < -0.3 is 11.5 Å². The molecule has 10 nitrogen and oxygen atoms in total. The standard InChI is InChI=1S/C22H17N3O.C7H7N5O/c1-2-18-16-21-11-10-20(9-8-17-12-14-23-15-13-17)25(21)22(26)24(18)19-6-4-3-5-7-19;8-5-4(6(9)13)7-10-2-1-3-12(7)11-5/h3-7,10-16H,2H2,1H3;1-3H,(H2,8,11)(H2,9,13). The number of aryl methyl sites for hydroxylation is 1. The number of pyridine rings is 1. The summed E-state index contributed by atoms with van der Waals surface area (Å²) in [5, 5.41) is 3.87. The molecule has 192 valence electrons. The summed E-state index contributed by atoms with van der Waals surface area (Å²) in [6.07, 6.45) is 7.37. The van der Waals surface area contributed by atoms with Crippen LogP contribution in [0.4, 0.5) is 5.82 Å². The van der Waals surface area contributed by atoms with Crippen molar-refractivity contribution in [2.75, 3.05) is 5.73 Å². The zero-order valence-electron chi connectivity index (χ0n) is 21.0. The van der Waals surface area contributed by atoms with Gasteiger partial charge in [0.2, 0.25) is 0 Å². The third-order valence-electron chi connectivity index (χ3n) is 5.96. The van der Waals surface area contributed by atoms with E-state index in [4.69, 9.17) is 11.5 Å². The molecule has 6 aromatic rings. The molecule has 10 heteroatoms. The van der Waals surface area contributed by atoms with E-state index in [1.165, 1.54) is 4.52 Å². The molecular weight excluding hydrogens is 492 g/mol. The van der Waals surface area contributed by atoms with Gasteiger partial charge in [0, 0.05) is 36.0 Å². The minimum Gasteiger partial charge on any atom is -0.381 e. The summed E-state index contributed by atoms with van der Waals surface area (Å²) in [7, 11) is 0. The number of hydrogen-bond donors (Lipinski definition) is 2. The SMILES string of the molecule is CCc1cc2ccc(C#Cc3ccncc3)n2c(=O)n1-c1ccccc1.NC(=O)c1c(N)nn2cccnc12. The fourth-order valence-electron chi connectivity index (χ4n) is 4.16. The lowest BCUT2D eigenvalue weighted by atomic mass is 10.2. The molecule has 0 bridgehead atoms. The molecule has 6 rings (SSSR count). The summed E-state index contributed by atoms with van der Waals surface area (Å²) < 4.78 is 4.83. The summed E-state index contributed by atoms with van der Waals surface area (Å²) in [6, 6.07) is 21.0. The number of hydrogen-bond acceptors (Lipinski definition) is 6. The molecule has 5 heterocycles. The van der Waals surface area contributed by atoms with Crippen LogP contribution in [-0.2, 0) is 6.42 Å². The monoisotopic (exact) mass is 516 g/mol. The molecular formula is C29H24N8O2. The van der Waals surface area contributed by atoms with E-state index in [2.05, 4.69) is 33.8 Å². The van der Waals surface area contributed by atoms with E-state index < -0.39 is 5.91 Å². The van der Waals surface area contributed by atoms with Gasteiger partial charge in [0.25, 0.3) is 5.91 Å². The van der Waals surface area contributed by atoms with Crippen LogP contribution in [0.5, 0.6) is 0 Å². The van der Waals surface area contributed by atoms with Crippen LogP contribution in [0, 0.1) is 11.8 Å². The van der Waals surface area contributed by atoms with Crippen molar-refractivity contribution in [3.8, 4) is 17.5 Å². The molecule has 5 aromatic heterocycles. The molecule has 1 aromatic carbocycles. The molecule has 0 aliphatic carbocycles. The molecule has 0 unspecified atom stereocenters. The first-order valence-electron chi connectivity index (χ1n) is 12.1. The Balaban J connectivity index is 0.000000198. The molecule has 0 saturated carbocycles. The van der Waals surface area contributed by atoms with Crippen molar-refractivity contribution >= 4 is 22.9 Å². The number of aromatic nitrogens is 6. The highest BCUT2D eigenvalue weighted by Crippen LogP contribution is 2.15. The van der Waals surface area contributed by atoms with Crippen molar-refractivity contribution in [2.24, 2.45) is 5.73 Å². The number of nitrogens with two attached hydrogens (primary N) is 2. The minimum absolute atomic E-state index is 0.102. The molecule has 39 heavy (non-hydrogen) atoms. The maximum atomic E-state index is 13.3. The largest absolute Gasteiger partial charge is 0.381 e. The normalized spacial score (nSPS) is 10.5. The van der Waals surface area contributed by atoms with E-state index in [1.807, 2.05) is 60.7 Å². The topological polar surface area (TPSA) is 139 Å². The Bertz CT molecular complexity index is 1910. The summed E-state index contributed by atoms with van der Waals surface area (Å²) in [6.45, 7) is 2.05. The lowest BCUT2D eigenvalue weighted by Gasteiger charge is -2.13. The van der Waals surface area contributed by atoms with Gasteiger partial charge in [-0.2, -0.15) is 0 Å². The Hall–Kier alpha value is -5.69. The van der Waals surface area contributed by atoms with E-state index >= 15 is 0 Å². The first-order chi connectivity index (χ1) is 19.0. The molecule has 0 fully saturated rings. The van der Waals surface area contributed by atoms with E-state index in [-0.39, 0.29) is 17.1 Å². The lowest BCUT2D eigenvalue weighted by molar-refractivity contribution is 0.100. The number of para-hydroxylation sites is 1. The average Bonchev–Trinajstić information content (AvgIpc) is 3.53. The molecule has 4 N–H and O–H groups in total. The Morgan fingerprint density at radius 1 is 0.974 bits per heavy atom. The third kappa shape index (κ3) is 4.97. The number of primary amides is 1. The molecule has 0 aliphatic rings. The fraction of sp³-hybridized carbons (Fsp3) is 0.0690. The van der Waals surface area contributed by atoms with Crippen molar-refractivity contribution < 1.29 is 4.79 Å². The Kier molecular flexibility index (Phi) is 6.88. The third-order valence-corrected chi connectivity index (χ3v) is 5.96. The van der Waals surface area contributed by atoms with Crippen LogP contribution in [0.15, 0.2) is 96.3 Å². The van der Waals surface area contributed by atoms with Crippen LogP contribution >= 0.6 is 0 Å². The van der Waals surface area contributed by atoms with E-state index in [0.29, 0.717) is 11.3 Å². The van der Waals surface area contributed by atoms with Gasteiger partial charge in [-0.3, -0.25) is 18.7 Å². The van der Waals surface area contributed by atoms with Crippen molar-refractivity contribution in [1.82, 2.24) is 28.5 Å². The average molecular weight is 517 g/mol. The minimum atomic E-state index is -0.619. The van der Waals surface area contributed by atoms with Crippen molar-refractivity contribution in [2.45, 2.75) is 13.3 Å². The second-order valence-corrected chi connectivity index (χ2v) is 8.42. The number of nitrogen functional groups attached to an aromatic ring is 1. The van der Waals surface area contributed by atoms with Gasteiger partial charge in [-0.15, -0.1) is 5.10 Å². The number of nitrogens with zero attached hydrogens (tertiary/aromatic N) is 6. The zero-order valence-corrected chi connectivity index (χ0v) is 21.0. The molecule has 0 radical (unpaired) electrons. The van der Waals surface area contributed by atoms with Crippen LogP contribution in [0.25, 0.3) is 16.9 Å². The Labute approximate surface area is 223 Å². The van der Waals surface area contributed by atoms with Gasteiger partial charge in [0.15, 0.2) is 11.5 Å². The molecule has 0 aliphatic heterocycles. The zero-order chi connectivity index (χ0) is 27.4. The highest BCUT2D eigenvalue weighted by Gasteiger charge is 2.15. The van der Waals surface area contributed by atoms with Gasteiger partial charge in [0.1, 0.15) is 11.3 Å². The molecule has 1 amide bonds. The quantitative estimate of drug-likeness (QED) is 0.347. The van der Waals surface area contributed by atoms with E-state index in [1.54, 1.807) is 39.8 Å². The number of anilines is 1. The van der Waals surface area contributed by atoms with Crippen LogP contribution in [0.3, 0.4) is 0 Å². The fourth-order valence-corrected chi connectivity index (χ4v) is 4.16. The van der Waals surface area contributed by atoms with Gasteiger partial charge in [-0.1, -0.05) is 31.0 Å². The number of amides is 1. The summed E-state index contributed by atoms with van der Waals surface area (Å²) in [5.74, 6) is 5.69. The van der Waals surface area contributed by atoms with Gasteiger partial charge in [-0.05, 0) is 60.9 Å². The first-order valence-corrected chi connectivity index (χ1v) is 12.1. The number of carbonyl (C=O) groups excluding carboxylic acids is 1. The predicted molar refractivity (Wildman–Crippen MR) is 149 cm³/mol. The maximum Gasteiger partial charge on any atom is 0.338 e.